The lowest BCUT2D eigenvalue weighted by molar-refractivity contribution is -0.147. The summed E-state index contributed by atoms with van der Waals surface area (Å²) in [4.78, 5) is 0. The van der Waals surface area contributed by atoms with Crippen LogP contribution < -0.4 is 0 Å². The number of allylic oxidation sites excluding steroid dienone is 6. The fourth-order valence-electron chi connectivity index (χ4n) is 27.1. The third kappa shape index (κ3) is 3.18. The molecule has 13 saturated carbocycles. The van der Waals surface area contributed by atoms with Gasteiger partial charge in [-0.3, -0.25) is 0 Å². The van der Waals surface area contributed by atoms with E-state index in [9.17, 15) is 0 Å². The molecule has 0 heterocycles. The lowest BCUT2D eigenvalue weighted by Gasteiger charge is -2.61. The van der Waals surface area contributed by atoms with Crippen molar-refractivity contribution in [3.8, 4) is 0 Å². The molecule has 30 unspecified atom stereocenters. The molecule has 30 atom stereocenters. The van der Waals surface area contributed by atoms with Crippen LogP contribution in [0.25, 0.3) is 0 Å². The number of benzene rings is 2. The summed E-state index contributed by atoms with van der Waals surface area (Å²) in [6.07, 6.45) is 7.39. The van der Waals surface area contributed by atoms with E-state index in [0.29, 0.717) is 111 Å². The Morgan fingerprint density at radius 2 is 0.794 bits per heavy atom. The van der Waals surface area contributed by atoms with Gasteiger partial charge in [0, 0.05) is 5.41 Å². The van der Waals surface area contributed by atoms with Gasteiger partial charge in [-0.15, -0.1) is 0 Å². The second-order valence-corrected chi connectivity index (χ2v) is 26.2. The van der Waals surface area contributed by atoms with Crippen molar-refractivity contribution in [3.05, 3.63) is 105 Å². The van der Waals surface area contributed by atoms with Gasteiger partial charge in [-0.05, 0) is 252 Å². The monoisotopic (exact) mass is 852 g/mol. The van der Waals surface area contributed by atoms with Crippen LogP contribution in [0.15, 0.2) is 71.8 Å². The summed E-state index contributed by atoms with van der Waals surface area (Å²) >= 11 is 0. The molecular weight excluding hydrogens is 799 g/mol. The Morgan fingerprint density at radius 1 is 0.381 bits per heavy atom. The highest BCUT2D eigenvalue weighted by Gasteiger charge is 2.90. The lowest BCUT2D eigenvalue weighted by atomic mass is 9.43. The summed E-state index contributed by atoms with van der Waals surface area (Å²) in [5, 5.41) is 0. The Hall–Kier alpha value is -2.76. The van der Waals surface area contributed by atoms with E-state index in [1.165, 1.54) is 49.9 Å². The van der Waals surface area contributed by atoms with E-state index < -0.39 is 28.9 Å². The molecule has 19 rings (SSSR count). The Bertz CT molecular complexity index is 2630. The molecule has 0 saturated heterocycles. The predicted molar refractivity (Wildman–Crippen MR) is 222 cm³/mol. The van der Waals surface area contributed by atoms with Gasteiger partial charge in [-0.2, -0.15) is 26.3 Å². The molecule has 17 aliphatic carbocycles. The SMILES string of the molecule is Cc1cc(C(F)(F)F)cc(C2(c3cc(C)cc(C(F)(F)F)c3)C3C4C5C=CC6C7C=CC8C9CCC%10C%11CCC%12C%13C%11C%11C%10C9C9C%10C%14=C(C7C89)C6C5C5C%14C(C%10%11)C%13C(C54)C%12C32)c1. The van der Waals surface area contributed by atoms with Gasteiger partial charge >= 0.3 is 12.4 Å². The van der Waals surface area contributed by atoms with Gasteiger partial charge in [0.2, 0.25) is 0 Å². The summed E-state index contributed by atoms with van der Waals surface area (Å²) in [6.45, 7) is 3.57. The average molecular weight is 853 g/mol. The van der Waals surface area contributed by atoms with Crippen molar-refractivity contribution in [1.29, 1.82) is 0 Å². The maximum absolute atomic E-state index is 15.1. The van der Waals surface area contributed by atoms with Crippen LogP contribution in [0.1, 0.15) is 59.1 Å². The third-order valence-corrected chi connectivity index (χ3v) is 26.2. The molecule has 0 radical (unpaired) electrons. The molecule has 0 bridgehead atoms. The summed E-state index contributed by atoms with van der Waals surface area (Å²) in [7, 11) is 0. The molecular formula is C57H54F6. The zero-order valence-corrected chi connectivity index (χ0v) is 35.7. The standard InChI is InChI=1S/C57H54F6/c1-17-11-19(15-21(13-17)56(58,59)60)55(20-12-18(2)14-22(16-20)57(61,62)63)53-39-29-9-7-27-25-5-3-23-24-4-6-26-28-8-10-30-38-36(28)43-34(26)32(24)41-31(23)33(25)42-35(27)37(29)44-46(39)47(40(30)54(53)55)45(38)52-50(43)48(41)49(42)51(44)52/h3,5,7,9,11-16,23-41,43-48,50-54H,4,6,8,10H2,1-2H3. The normalized spacial score (nSPS) is 61.0. The molecule has 63 heavy (non-hydrogen) atoms. The van der Waals surface area contributed by atoms with Crippen LogP contribution in [-0.2, 0) is 17.8 Å². The summed E-state index contributed by atoms with van der Waals surface area (Å²) in [5.74, 6) is 19.6. The zero-order valence-electron chi connectivity index (χ0n) is 35.7. The largest absolute Gasteiger partial charge is 0.416 e. The molecule has 0 spiro atoms. The first-order valence-electron chi connectivity index (χ1n) is 25.9. The fourth-order valence-corrected chi connectivity index (χ4v) is 27.1. The average Bonchev–Trinajstić information content (AvgIpc) is 3.83. The van der Waals surface area contributed by atoms with Crippen LogP contribution in [-0.4, -0.2) is 0 Å². The maximum Gasteiger partial charge on any atom is 0.416 e. The van der Waals surface area contributed by atoms with Crippen LogP contribution >= 0.6 is 0 Å². The smallest absolute Gasteiger partial charge is 0.166 e. The molecule has 0 aliphatic heterocycles. The minimum atomic E-state index is -4.54. The number of fused-ring (bicyclic) bond motifs is 8. The van der Waals surface area contributed by atoms with Gasteiger partial charge in [0.25, 0.3) is 0 Å². The maximum atomic E-state index is 15.1. The summed E-state index contributed by atoms with van der Waals surface area (Å²) < 4.78 is 90.6. The van der Waals surface area contributed by atoms with Crippen molar-refractivity contribution < 1.29 is 26.3 Å². The molecule has 13 fully saturated rings. The lowest BCUT2D eigenvalue weighted by Crippen LogP contribution is -2.58. The molecule has 2 aromatic carbocycles. The summed E-state index contributed by atoms with van der Waals surface area (Å²) in [6, 6.07) is 9.44. The highest BCUT2D eigenvalue weighted by atomic mass is 19.4. The highest BCUT2D eigenvalue weighted by Crippen LogP contribution is 2.94. The Kier molecular flexibility index (Phi) is 5.37. The van der Waals surface area contributed by atoms with E-state index >= 15 is 26.3 Å². The number of hydrogen-bond acceptors (Lipinski definition) is 0. The molecule has 17 aliphatic rings. The number of hydrogen-bond donors (Lipinski definition) is 0. The van der Waals surface area contributed by atoms with Crippen molar-refractivity contribution in [2.45, 2.75) is 57.3 Å². The molecule has 324 valence electrons. The topological polar surface area (TPSA) is 0 Å². The van der Waals surface area contributed by atoms with Crippen molar-refractivity contribution in [2.75, 3.05) is 0 Å². The van der Waals surface area contributed by atoms with Gasteiger partial charge < -0.3 is 0 Å². The van der Waals surface area contributed by atoms with Gasteiger partial charge in [0.05, 0.1) is 11.1 Å². The predicted octanol–water partition coefficient (Wildman–Crippen LogP) is 12.3. The summed E-state index contributed by atoms with van der Waals surface area (Å²) in [5.41, 5.74) is 4.42. The van der Waals surface area contributed by atoms with Crippen molar-refractivity contribution in [2.24, 2.45) is 178 Å². The molecule has 2 aromatic rings. The fraction of sp³-hybridized carbons (Fsp3) is 0.684. The highest BCUT2D eigenvalue weighted by molar-refractivity contribution is 5.59. The van der Waals surface area contributed by atoms with E-state index in [-0.39, 0.29) is 11.8 Å². The molecule has 0 aromatic heterocycles. The Labute approximate surface area is 365 Å². The van der Waals surface area contributed by atoms with Crippen LogP contribution in [0.2, 0.25) is 0 Å². The second kappa shape index (κ2) is 9.79. The van der Waals surface area contributed by atoms with Crippen LogP contribution in [0.5, 0.6) is 0 Å². The first-order valence-corrected chi connectivity index (χ1v) is 25.9. The molecule has 0 N–H and O–H groups in total. The van der Waals surface area contributed by atoms with Crippen LogP contribution in [0.4, 0.5) is 26.3 Å². The van der Waals surface area contributed by atoms with Gasteiger partial charge in [-0.25, -0.2) is 0 Å². The first kappa shape index (κ1) is 34.5. The van der Waals surface area contributed by atoms with Crippen molar-refractivity contribution in [3.63, 3.8) is 0 Å². The Morgan fingerprint density at radius 3 is 1.41 bits per heavy atom. The molecule has 0 nitrogen and oxygen atoms in total. The number of rotatable bonds is 2. The minimum absolute atomic E-state index is 0.0538. The van der Waals surface area contributed by atoms with Crippen molar-refractivity contribution >= 4 is 0 Å². The van der Waals surface area contributed by atoms with Gasteiger partial charge in [-0.1, -0.05) is 58.7 Å². The van der Waals surface area contributed by atoms with Crippen LogP contribution in [0.3, 0.4) is 0 Å². The van der Waals surface area contributed by atoms with E-state index in [4.69, 9.17) is 0 Å². The number of alkyl halides is 6. The van der Waals surface area contributed by atoms with Crippen LogP contribution in [0, 0.1) is 191 Å². The van der Waals surface area contributed by atoms with Gasteiger partial charge in [0.15, 0.2) is 0 Å². The minimum Gasteiger partial charge on any atom is -0.166 e. The number of aryl methyl sites for hydroxylation is 2. The third-order valence-electron chi connectivity index (χ3n) is 26.2. The van der Waals surface area contributed by atoms with Crippen molar-refractivity contribution in [1.82, 2.24) is 0 Å². The second-order valence-electron chi connectivity index (χ2n) is 26.2. The molecule has 0 amide bonds. The Balaban J connectivity index is 0.925. The number of halogens is 6. The quantitative estimate of drug-likeness (QED) is 0.209. The van der Waals surface area contributed by atoms with E-state index in [1.807, 2.05) is 17.7 Å². The van der Waals surface area contributed by atoms with E-state index in [1.54, 1.807) is 13.8 Å². The van der Waals surface area contributed by atoms with Gasteiger partial charge in [0.1, 0.15) is 0 Å². The van der Waals surface area contributed by atoms with E-state index in [0.717, 1.165) is 76.9 Å². The first-order chi connectivity index (χ1) is 30.4. The van der Waals surface area contributed by atoms with E-state index in [2.05, 4.69) is 29.9 Å². The zero-order chi connectivity index (χ0) is 41.3. The molecule has 6 heteroatoms.